The maximum absolute atomic E-state index is 12.7. The fourth-order valence-electron chi connectivity index (χ4n) is 3.17. The number of hydrogen-bond acceptors (Lipinski definition) is 4. The first kappa shape index (κ1) is 20.3. The molecule has 0 saturated carbocycles. The molecule has 1 aliphatic heterocycles. The summed E-state index contributed by atoms with van der Waals surface area (Å²) >= 11 is 0. The number of para-hydroxylation sites is 1. The van der Waals surface area contributed by atoms with Crippen molar-refractivity contribution in [1.82, 2.24) is 5.32 Å². The van der Waals surface area contributed by atoms with E-state index in [0.29, 0.717) is 17.8 Å². The van der Waals surface area contributed by atoms with Gasteiger partial charge in [0.25, 0.3) is 11.8 Å². The summed E-state index contributed by atoms with van der Waals surface area (Å²) in [5.74, 6) is -1.10. The van der Waals surface area contributed by atoms with Gasteiger partial charge in [-0.1, -0.05) is 42.0 Å². The zero-order chi connectivity index (χ0) is 21.0. The maximum Gasteiger partial charge on any atom is 0.290 e. The van der Waals surface area contributed by atoms with E-state index in [2.05, 4.69) is 10.6 Å². The SMILES string of the molecule is Cc1cccc(CNC(=O)c2ccccc2NC(=O)C2=CC(=O)CC(C)(C)O2)c1. The minimum absolute atomic E-state index is 0.0544. The Labute approximate surface area is 170 Å². The average Bonchev–Trinajstić information content (AvgIpc) is 2.65. The van der Waals surface area contributed by atoms with Crippen LogP contribution in [0.3, 0.4) is 0 Å². The zero-order valence-electron chi connectivity index (χ0n) is 16.7. The molecule has 0 aliphatic carbocycles. The van der Waals surface area contributed by atoms with E-state index in [1.165, 1.54) is 6.08 Å². The van der Waals surface area contributed by atoms with Crippen LogP contribution < -0.4 is 10.6 Å². The summed E-state index contributed by atoms with van der Waals surface area (Å²) in [6, 6.07) is 14.6. The van der Waals surface area contributed by atoms with Crippen LogP contribution in [-0.4, -0.2) is 23.2 Å². The van der Waals surface area contributed by atoms with Gasteiger partial charge in [-0.2, -0.15) is 0 Å². The molecule has 1 heterocycles. The van der Waals surface area contributed by atoms with Gasteiger partial charge in [-0.3, -0.25) is 14.4 Å². The molecule has 0 aromatic heterocycles. The first-order chi connectivity index (χ1) is 13.7. The van der Waals surface area contributed by atoms with E-state index < -0.39 is 11.5 Å². The lowest BCUT2D eigenvalue weighted by Gasteiger charge is -2.29. The van der Waals surface area contributed by atoms with Gasteiger partial charge >= 0.3 is 0 Å². The minimum atomic E-state index is -0.747. The van der Waals surface area contributed by atoms with Crippen LogP contribution in [0.15, 0.2) is 60.4 Å². The lowest BCUT2D eigenvalue weighted by molar-refractivity contribution is -0.128. The number of nitrogens with one attached hydrogen (secondary N) is 2. The standard InChI is InChI=1S/C23H24N2O4/c1-15-7-6-8-16(11-15)14-24-21(27)18-9-4-5-10-19(18)25-22(28)20-12-17(26)13-23(2,3)29-20/h4-12H,13-14H2,1-3H3,(H,24,27)(H,25,28). The van der Waals surface area contributed by atoms with Gasteiger partial charge in [0, 0.05) is 19.0 Å². The second-order valence-electron chi connectivity index (χ2n) is 7.68. The highest BCUT2D eigenvalue weighted by Crippen LogP contribution is 2.26. The Hall–Kier alpha value is -3.41. The first-order valence-electron chi connectivity index (χ1n) is 9.41. The molecule has 0 radical (unpaired) electrons. The van der Waals surface area contributed by atoms with Crippen molar-refractivity contribution in [3.8, 4) is 0 Å². The monoisotopic (exact) mass is 392 g/mol. The van der Waals surface area contributed by atoms with Gasteiger partial charge in [-0.05, 0) is 38.5 Å². The number of aryl methyl sites for hydroxylation is 1. The van der Waals surface area contributed by atoms with Crippen molar-refractivity contribution < 1.29 is 19.1 Å². The first-order valence-corrected chi connectivity index (χ1v) is 9.41. The van der Waals surface area contributed by atoms with Crippen molar-refractivity contribution >= 4 is 23.3 Å². The van der Waals surface area contributed by atoms with Crippen LogP contribution in [0.1, 0.15) is 41.8 Å². The van der Waals surface area contributed by atoms with E-state index in [0.717, 1.165) is 11.1 Å². The number of carbonyl (C=O) groups excluding carboxylic acids is 3. The second-order valence-corrected chi connectivity index (χ2v) is 7.68. The Balaban J connectivity index is 1.72. The molecule has 0 spiro atoms. The van der Waals surface area contributed by atoms with E-state index >= 15 is 0 Å². The molecule has 2 amide bonds. The molecule has 0 bridgehead atoms. The Bertz CT molecular complexity index is 992. The Morgan fingerprint density at radius 1 is 1.07 bits per heavy atom. The summed E-state index contributed by atoms with van der Waals surface area (Å²) in [5.41, 5.74) is 2.03. The van der Waals surface area contributed by atoms with Crippen molar-refractivity contribution in [1.29, 1.82) is 0 Å². The van der Waals surface area contributed by atoms with E-state index in [1.807, 2.05) is 31.2 Å². The van der Waals surface area contributed by atoms with E-state index in [9.17, 15) is 14.4 Å². The van der Waals surface area contributed by atoms with Crippen molar-refractivity contribution in [2.75, 3.05) is 5.32 Å². The molecule has 0 fully saturated rings. The second kappa shape index (κ2) is 8.31. The molecule has 2 aromatic rings. The lowest BCUT2D eigenvalue weighted by Crippen LogP contribution is -2.35. The smallest absolute Gasteiger partial charge is 0.290 e. The number of allylic oxidation sites excluding steroid dienone is 1. The van der Waals surface area contributed by atoms with Crippen LogP contribution in [0, 0.1) is 6.92 Å². The minimum Gasteiger partial charge on any atom is -0.481 e. The molecule has 0 saturated heterocycles. The predicted octanol–water partition coefficient (Wildman–Crippen LogP) is 3.52. The van der Waals surface area contributed by atoms with Gasteiger partial charge in [0.15, 0.2) is 11.5 Å². The van der Waals surface area contributed by atoms with Crippen LogP contribution >= 0.6 is 0 Å². The predicted molar refractivity (Wildman–Crippen MR) is 110 cm³/mol. The van der Waals surface area contributed by atoms with Crippen LogP contribution in [0.5, 0.6) is 0 Å². The average molecular weight is 392 g/mol. The maximum atomic E-state index is 12.7. The zero-order valence-corrected chi connectivity index (χ0v) is 16.7. The summed E-state index contributed by atoms with van der Waals surface area (Å²) < 4.78 is 5.62. The summed E-state index contributed by atoms with van der Waals surface area (Å²) in [7, 11) is 0. The molecular formula is C23H24N2O4. The highest BCUT2D eigenvalue weighted by molar-refractivity contribution is 6.10. The van der Waals surface area contributed by atoms with Gasteiger partial charge in [-0.25, -0.2) is 0 Å². The molecule has 1 aliphatic rings. The Kier molecular flexibility index (Phi) is 5.82. The van der Waals surface area contributed by atoms with E-state index in [4.69, 9.17) is 4.74 Å². The molecular weight excluding hydrogens is 368 g/mol. The number of ketones is 1. The van der Waals surface area contributed by atoms with Crippen LogP contribution in [0.2, 0.25) is 0 Å². The molecule has 0 unspecified atom stereocenters. The van der Waals surface area contributed by atoms with Gasteiger partial charge in [0.1, 0.15) is 5.60 Å². The third-order valence-corrected chi connectivity index (χ3v) is 4.46. The molecule has 2 N–H and O–H groups in total. The topological polar surface area (TPSA) is 84.5 Å². The van der Waals surface area contributed by atoms with Crippen molar-refractivity contribution in [2.45, 2.75) is 39.3 Å². The van der Waals surface area contributed by atoms with E-state index in [-0.39, 0.29) is 23.9 Å². The highest BCUT2D eigenvalue weighted by Gasteiger charge is 2.32. The van der Waals surface area contributed by atoms with Gasteiger partial charge < -0.3 is 15.4 Å². The number of rotatable bonds is 5. The normalized spacial score (nSPS) is 15.1. The molecule has 0 atom stereocenters. The summed E-state index contributed by atoms with van der Waals surface area (Å²) in [4.78, 5) is 37.1. The van der Waals surface area contributed by atoms with Crippen molar-refractivity contribution in [2.24, 2.45) is 0 Å². The van der Waals surface area contributed by atoms with Crippen LogP contribution in [0.25, 0.3) is 0 Å². The van der Waals surface area contributed by atoms with Gasteiger partial charge in [0.05, 0.1) is 11.3 Å². The molecule has 150 valence electrons. The highest BCUT2D eigenvalue weighted by atomic mass is 16.5. The number of anilines is 1. The largest absolute Gasteiger partial charge is 0.481 e. The Morgan fingerprint density at radius 3 is 2.55 bits per heavy atom. The number of ether oxygens (including phenoxy) is 1. The molecule has 2 aromatic carbocycles. The Morgan fingerprint density at radius 2 is 1.83 bits per heavy atom. The number of amides is 2. The summed E-state index contributed by atoms with van der Waals surface area (Å²) in [6.07, 6.45) is 1.41. The quantitative estimate of drug-likeness (QED) is 0.815. The third kappa shape index (κ3) is 5.31. The molecule has 6 heteroatoms. The molecule has 3 rings (SSSR count). The van der Waals surface area contributed by atoms with Crippen LogP contribution in [-0.2, 0) is 20.9 Å². The van der Waals surface area contributed by atoms with E-state index in [1.54, 1.807) is 38.1 Å². The fourth-order valence-corrected chi connectivity index (χ4v) is 3.17. The fraction of sp³-hybridized carbons (Fsp3) is 0.261. The van der Waals surface area contributed by atoms with Gasteiger partial charge in [-0.15, -0.1) is 0 Å². The van der Waals surface area contributed by atoms with Crippen LogP contribution in [0.4, 0.5) is 5.69 Å². The number of hydrogen-bond donors (Lipinski definition) is 2. The van der Waals surface area contributed by atoms with Gasteiger partial charge in [0.2, 0.25) is 0 Å². The number of benzene rings is 2. The lowest BCUT2D eigenvalue weighted by atomic mass is 9.98. The number of carbonyl (C=O) groups is 3. The third-order valence-electron chi connectivity index (χ3n) is 4.46. The summed E-state index contributed by atoms with van der Waals surface area (Å²) in [6.45, 7) is 5.86. The van der Waals surface area contributed by atoms with Crippen molar-refractivity contribution in [3.63, 3.8) is 0 Å². The van der Waals surface area contributed by atoms with Crippen molar-refractivity contribution in [3.05, 3.63) is 77.1 Å². The molecule has 6 nitrogen and oxygen atoms in total. The summed E-state index contributed by atoms with van der Waals surface area (Å²) in [5, 5.41) is 5.55. The molecule has 29 heavy (non-hydrogen) atoms.